The third kappa shape index (κ3) is 3.82. The van der Waals surface area contributed by atoms with Crippen LogP contribution in [0, 0.1) is 13.8 Å². The molecule has 2 rings (SSSR count). The molecule has 1 aromatic heterocycles. The van der Waals surface area contributed by atoms with Gasteiger partial charge in [-0.05, 0) is 20.3 Å². The van der Waals surface area contributed by atoms with Gasteiger partial charge < -0.3 is 19.5 Å². The summed E-state index contributed by atoms with van der Waals surface area (Å²) in [7, 11) is 3.37. The molecule has 2 atom stereocenters. The molecule has 0 aliphatic carbocycles. The topological polar surface area (TPSA) is 93.9 Å². The number of rotatable bonds is 6. The van der Waals surface area contributed by atoms with Crippen LogP contribution in [-0.2, 0) is 21.4 Å². The molecule has 0 bridgehead atoms. The molecule has 0 radical (unpaired) electrons. The number of nitrogens with zero attached hydrogens (tertiary/aromatic N) is 3. The zero-order valence-electron chi connectivity index (χ0n) is 13.9. The Kier molecular flexibility index (Phi) is 5.25. The Balaban J connectivity index is 2.02. The lowest BCUT2D eigenvalue weighted by Gasteiger charge is -2.23. The summed E-state index contributed by atoms with van der Waals surface area (Å²) in [4.78, 5) is 24.9. The van der Waals surface area contributed by atoms with E-state index in [4.69, 9.17) is 14.6 Å². The summed E-state index contributed by atoms with van der Waals surface area (Å²) in [5.74, 6) is -0.569. The smallest absolute Gasteiger partial charge is 0.305 e. The van der Waals surface area contributed by atoms with Gasteiger partial charge in [-0.15, -0.1) is 0 Å². The van der Waals surface area contributed by atoms with E-state index in [1.807, 2.05) is 20.9 Å². The molecule has 8 nitrogen and oxygen atoms in total. The first-order valence-electron chi connectivity index (χ1n) is 7.50. The standard InChI is InChI=1S/C15H23N3O5/c1-9-15(10(2)17(3)16-9)23-8-13(19)18-7-12(22-4)5-11(18)6-14(20)21/h11-12H,5-8H2,1-4H3,(H,20,21). The number of aromatic nitrogens is 2. The average molecular weight is 325 g/mol. The highest BCUT2D eigenvalue weighted by molar-refractivity contribution is 5.79. The van der Waals surface area contributed by atoms with Gasteiger partial charge in [0.1, 0.15) is 5.69 Å². The summed E-state index contributed by atoms with van der Waals surface area (Å²) in [6, 6.07) is -0.357. The predicted molar refractivity (Wildman–Crippen MR) is 81.3 cm³/mol. The highest BCUT2D eigenvalue weighted by Gasteiger charge is 2.36. The van der Waals surface area contributed by atoms with Crippen molar-refractivity contribution in [3.8, 4) is 5.75 Å². The van der Waals surface area contributed by atoms with Crippen molar-refractivity contribution < 1.29 is 24.2 Å². The van der Waals surface area contributed by atoms with E-state index >= 15 is 0 Å². The molecule has 1 N–H and O–H groups in total. The van der Waals surface area contributed by atoms with Crippen molar-refractivity contribution in [2.24, 2.45) is 7.05 Å². The summed E-state index contributed by atoms with van der Waals surface area (Å²) < 4.78 is 12.6. The van der Waals surface area contributed by atoms with Gasteiger partial charge in [-0.25, -0.2) is 0 Å². The lowest BCUT2D eigenvalue weighted by atomic mass is 10.1. The molecule has 128 valence electrons. The molecule has 1 fully saturated rings. The van der Waals surface area contributed by atoms with Crippen molar-refractivity contribution in [1.29, 1.82) is 0 Å². The van der Waals surface area contributed by atoms with Crippen LogP contribution in [0.1, 0.15) is 24.2 Å². The van der Waals surface area contributed by atoms with E-state index in [9.17, 15) is 9.59 Å². The molecule has 1 aliphatic heterocycles. The molecule has 23 heavy (non-hydrogen) atoms. The van der Waals surface area contributed by atoms with Crippen LogP contribution >= 0.6 is 0 Å². The SMILES string of the molecule is COC1CC(CC(=O)O)N(C(=O)COc2c(C)nn(C)c2C)C1. The molecule has 0 saturated carbocycles. The molecular weight excluding hydrogens is 302 g/mol. The first-order chi connectivity index (χ1) is 10.8. The highest BCUT2D eigenvalue weighted by Crippen LogP contribution is 2.24. The fourth-order valence-electron chi connectivity index (χ4n) is 2.92. The van der Waals surface area contributed by atoms with Crippen LogP contribution in [0.3, 0.4) is 0 Å². The minimum atomic E-state index is -0.926. The number of methoxy groups -OCH3 is 1. The van der Waals surface area contributed by atoms with E-state index in [-0.39, 0.29) is 31.1 Å². The Labute approximate surface area is 135 Å². The second kappa shape index (κ2) is 6.99. The van der Waals surface area contributed by atoms with Crippen LogP contribution in [-0.4, -0.2) is 64.1 Å². The summed E-state index contributed by atoms with van der Waals surface area (Å²) >= 11 is 0. The number of carboxylic acids is 1. The summed E-state index contributed by atoms with van der Waals surface area (Å²) in [6.07, 6.45) is 0.306. The number of aryl methyl sites for hydroxylation is 2. The van der Waals surface area contributed by atoms with Crippen LogP contribution in [0.25, 0.3) is 0 Å². The van der Waals surface area contributed by atoms with Gasteiger partial charge in [-0.3, -0.25) is 14.3 Å². The normalized spacial score (nSPS) is 20.8. The molecule has 1 saturated heterocycles. The first kappa shape index (κ1) is 17.3. The van der Waals surface area contributed by atoms with Crippen molar-refractivity contribution in [2.75, 3.05) is 20.3 Å². The number of hydrogen-bond acceptors (Lipinski definition) is 5. The van der Waals surface area contributed by atoms with Gasteiger partial charge in [0, 0.05) is 26.7 Å². The average Bonchev–Trinajstić information content (AvgIpc) is 2.98. The predicted octanol–water partition coefficient (Wildman–Crippen LogP) is 0.506. The maximum atomic E-state index is 12.4. The molecule has 1 aliphatic rings. The van der Waals surface area contributed by atoms with Crippen molar-refractivity contribution in [1.82, 2.24) is 14.7 Å². The third-order valence-corrected chi connectivity index (χ3v) is 4.22. The largest absolute Gasteiger partial charge is 0.481 e. The van der Waals surface area contributed by atoms with Crippen molar-refractivity contribution in [3.05, 3.63) is 11.4 Å². The summed E-state index contributed by atoms with van der Waals surface area (Å²) in [6.45, 7) is 3.93. The fraction of sp³-hybridized carbons (Fsp3) is 0.667. The van der Waals surface area contributed by atoms with Crippen LogP contribution in [0.5, 0.6) is 5.75 Å². The van der Waals surface area contributed by atoms with Gasteiger partial charge in [0.05, 0.1) is 18.2 Å². The zero-order valence-corrected chi connectivity index (χ0v) is 13.9. The molecule has 0 aromatic carbocycles. The number of amides is 1. The van der Waals surface area contributed by atoms with Gasteiger partial charge in [0.2, 0.25) is 0 Å². The van der Waals surface area contributed by atoms with E-state index < -0.39 is 5.97 Å². The second-order valence-electron chi connectivity index (χ2n) is 5.80. The summed E-state index contributed by atoms with van der Waals surface area (Å²) in [5.41, 5.74) is 1.56. The number of aliphatic carboxylic acids is 1. The zero-order chi connectivity index (χ0) is 17.1. The van der Waals surface area contributed by atoms with Crippen LogP contribution < -0.4 is 4.74 Å². The molecule has 1 amide bonds. The van der Waals surface area contributed by atoms with Gasteiger partial charge in [0.25, 0.3) is 5.91 Å². The van der Waals surface area contributed by atoms with E-state index in [1.165, 1.54) is 0 Å². The number of carbonyl (C=O) groups excluding carboxylic acids is 1. The van der Waals surface area contributed by atoms with Crippen LogP contribution in [0.2, 0.25) is 0 Å². The molecule has 0 spiro atoms. The van der Waals surface area contributed by atoms with Gasteiger partial charge >= 0.3 is 5.97 Å². The Morgan fingerprint density at radius 1 is 1.39 bits per heavy atom. The van der Waals surface area contributed by atoms with Gasteiger partial charge in [-0.2, -0.15) is 5.10 Å². The maximum Gasteiger partial charge on any atom is 0.305 e. The molecule has 8 heteroatoms. The Bertz CT molecular complexity index is 598. The van der Waals surface area contributed by atoms with Crippen LogP contribution in [0.4, 0.5) is 0 Å². The number of carbonyl (C=O) groups is 2. The number of ether oxygens (including phenoxy) is 2. The van der Waals surface area contributed by atoms with Crippen LogP contribution in [0.15, 0.2) is 0 Å². The molecule has 1 aromatic rings. The second-order valence-corrected chi connectivity index (χ2v) is 5.80. The molecular formula is C15H23N3O5. The van der Waals surface area contributed by atoms with Crippen molar-refractivity contribution >= 4 is 11.9 Å². The van der Waals surface area contributed by atoms with Crippen molar-refractivity contribution in [2.45, 2.75) is 38.8 Å². The summed E-state index contributed by atoms with van der Waals surface area (Å²) in [5, 5.41) is 13.2. The Morgan fingerprint density at radius 3 is 2.61 bits per heavy atom. The Hall–Kier alpha value is -2.09. The maximum absolute atomic E-state index is 12.4. The molecule has 2 unspecified atom stereocenters. The minimum absolute atomic E-state index is 0.0868. The van der Waals surface area contributed by atoms with Crippen molar-refractivity contribution in [3.63, 3.8) is 0 Å². The van der Waals surface area contributed by atoms with E-state index in [0.29, 0.717) is 18.7 Å². The number of hydrogen-bond donors (Lipinski definition) is 1. The fourth-order valence-corrected chi connectivity index (χ4v) is 2.92. The van der Waals surface area contributed by atoms with E-state index in [1.54, 1.807) is 16.7 Å². The quantitative estimate of drug-likeness (QED) is 0.819. The monoisotopic (exact) mass is 325 g/mol. The highest BCUT2D eigenvalue weighted by atomic mass is 16.5. The minimum Gasteiger partial charge on any atom is -0.481 e. The molecule has 2 heterocycles. The first-order valence-corrected chi connectivity index (χ1v) is 7.50. The lowest BCUT2D eigenvalue weighted by molar-refractivity contribution is -0.140. The number of likely N-dealkylation sites (tertiary alicyclic amines) is 1. The van der Waals surface area contributed by atoms with Gasteiger partial charge in [-0.1, -0.05) is 0 Å². The number of carboxylic acid groups (broad SMARTS) is 1. The van der Waals surface area contributed by atoms with E-state index in [0.717, 1.165) is 11.4 Å². The Morgan fingerprint density at radius 2 is 2.09 bits per heavy atom. The van der Waals surface area contributed by atoms with E-state index in [2.05, 4.69) is 5.10 Å². The lowest BCUT2D eigenvalue weighted by Crippen LogP contribution is -2.40. The van der Waals surface area contributed by atoms with Gasteiger partial charge in [0.15, 0.2) is 12.4 Å². The third-order valence-electron chi connectivity index (χ3n) is 4.22.